The number of hydrogen-bond acceptors (Lipinski definition) is 4. The van der Waals surface area contributed by atoms with Crippen molar-refractivity contribution >= 4 is 42.2 Å². The zero-order chi connectivity index (χ0) is 22.9. The minimum atomic E-state index is -1.56. The summed E-state index contributed by atoms with van der Waals surface area (Å²) < 4.78 is 14.2. The third kappa shape index (κ3) is 5.13. The summed E-state index contributed by atoms with van der Waals surface area (Å²) >= 11 is 12.6. The van der Waals surface area contributed by atoms with Crippen molar-refractivity contribution in [3.63, 3.8) is 0 Å². The first kappa shape index (κ1) is 23.1. The van der Waals surface area contributed by atoms with Crippen LogP contribution in [0, 0.1) is 11.5 Å². The smallest absolute Gasteiger partial charge is 0.150 e. The minimum Gasteiger partial charge on any atom is -0.486 e. The Morgan fingerprint density at radius 1 is 1.19 bits per heavy atom. The Bertz CT molecular complexity index is 1170. The Kier molecular flexibility index (Phi) is 6.82. The molecule has 5 nitrogen and oxygen atoms in total. The molecule has 0 saturated carbocycles. The van der Waals surface area contributed by atoms with E-state index in [1.807, 2.05) is 29.8 Å². The van der Waals surface area contributed by atoms with E-state index in [2.05, 4.69) is 36.1 Å². The highest BCUT2D eigenvalue weighted by Gasteiger charge is 2.22. The van der Waals surface area contributed by atoms with E-state index >= 15 is 0 Å². The molecule has 8 heteroatoms. The summed E-state index contributed by atoms with van der Waals surface area (Å²) in [5.41, 5.74) is 5.91. The fraction of sp³-hybridized carbons (Fsp3) is 0.417. The molecule has 1 fully saturated rings. The molecule has 0 spiro atoms. The SMILES string of the molecule is CC(Oc1ccc2c(c1)c(C#C[Si](C)(C)C)nn2C1CCCCO1)c1c(Cl)cncc1Cl. The first-order chi connectivity index (χ1) is 15.2. The molecule has 1 aliphatic rings. The molecule has 1 saturated heterocycles. The van der Waals surface area contributed by atoms with Gasteiger partial charge in [-0.1, -0.05) is 48.8 Å². The van der Waals surface area contributed by atoms with Crippen LogP contribution in [0.2, 0.25) is 29.7 Å². The quantitative estimate of drug-likeness (QED) is 0.299. The number of rotatable bonds is 4. The lowest BCUT2D eigenvalue weighted by Crippen LogP contribution is -2.19. The molecule has 2 atom stereocenters. The zero-order valence-electron chi connectivity index (χ0n) is 18.8. The summed E-state index contributed by atoms with van der Waals surface area (Å²) in [6.45, 7) is 9.35. The zero-order valence-corrected chi connectivity index (χ0v) is 21.3. The van der Waals surface area contributed by atoms with Gasteiger partial charge in [-0.25, -0.2) is 4.68 Å². The number of benzene rings is 1. The van der Waals surface area contributed by atoms with Crippen molar-refractivity contribution in [3.05, 3.63) is 51.9 Å². The van der Waals surface area contributed by atoms with Crippen molar-refractivity contribution in [2.75, 3.05) is 6.61 Å². The van der Waals surface area contributed by atoms with Crippen molar-refractivity contribution in [3.8, 4) is 17.2 Å². The van der Waals surface area contributed by atoms with Gasteiger partial charge in [0.25, 0.3) is 0 Å². The molecule has 1 aliphatic heterocycles. The molecule has 0 amide bonds. The molecular weight excluding hydrogens is 461 g/mol. The predicted molar refractivity (Wildman–Crippen MR) is 132 cm³/mol. The number of ether oxygens (including phenoxy) is 2. The van der Waals surface area contributed by atoms with Crippen molar-refractivity contribution in [2.45, 2.75) is 58.2 Å². The van der Waals surface area contributed by atoms with Crippen LogP contribution in [-0.2, 0) is 4.74 Å². The van der Waals surface area contributed by atoms with Crippen molar-refractivity contribution in [1.82, 2.24) is 14.8 Å². The van der Waals surface area contributed by atoms with Gasteiger partial charge in [0.2, 0.25) is 0 Å². The van der Waals surface area contributed by atoms with Gasteiger partial charge in [-0.15, -0.1) is 5.54 Å². The van der Waals surface area contributed by atoms with Crippen LogP contribution in [0.15, 0.2) is 30.6 Å². The summed E-state index contributed by atoms with van der Waals surface area (Å²) in [4.78, 5) is 4.02. The van der Waals surface area contributed by atoms with E-state index in [1.54, 1.807) is 12.4 Å². The third-order valence-electron chi connectivity index (χ3n) is 5.27. The Labute approximate surface area is 200 Å². The first-order valence-electron chi connectivity index (χ1n) is 10.9. The van der Waals surface area contributed by atoms with E-state index in [4.69, 9.17) is 37.8 Å². The van der Waals surface area contributed by atoms with Crippen LogP contribution in [0.5, 0.6) is 5.75 Å². The molecule has 32 heavy (non-hydrogen) atoms. The van der Waals surface area contributed by atoms with Gasteiger partial charge in [-0.2, -0.15) is 5.10 Å². The van der Waals surface area contributed by atoms with Gasteiger partial charge in [-0.05, 0) is 44.4 Å². The second kappa shape index (κ2) is 9.44. The molecule has 1 aromatic carbocycles. The molecular formula is C24H27Cl2N3O2Si. The second-order valence-corrected chi connectivity index (χ2v) is 14.6. The molecule has 0 N–H and O–H groups in total. The Hall–Kier alpha value is -2.04. The van der Waals surface area contributed by atoms with E-state index in [0.717, 1.165) is 42.5 Å². The summed E-state index contributed by atoms with van der Waals surface area (Å²) in [5, 5.41) is 6.78. The lowest BCUT2D eigenvalue weighted by Gasteiger charge is -2.23. The van der Waals surface area contributed by atoms with Gasteiger partial charge < -0.3 is 9.47 Å². The highest BCUT2D eigenvalue weighted by atomic mass is 35.5. The monoisotopic (exact) mass is 487 g/mol. The van der Waals surface area contributed by atoms with Gasteiger partial charge in [0.1, 0.15) is 25.6 Å². The average molecular weight is 488 g/mol. The van der Waals surface area contributed by atoms with E-state index in [0.29, 0.717) is 21.4 Å². The number of hydrogen-bond donors (Lipinski definition) is 0. The molecule has 3 aromatic rings. The van der Waals surface area contributed by atoms with Gasteiger partial charge in [0.15, 0.2) is 6.23 Å². The lowest BCUT2D eigenvalue weighted by atomic mass is 10.1. The molecule has 2 aromatic heterocycles. The van der Waals surface area contributed by atoms with Gasteiger partial charge >= 0.3 is 0 Å². The summed E-state index contributed by atoms with van der Waals surface area (Å²) in [6.07, 6.45) is 5.92. The van der Waals surface area contributed by atoms with Crippen LogP contribution >= 0.6 is 23.2 Å². The van der Waals surface area contributed by atoms with E-state index in [-0.39, 0.29) is 12.3 Å². The van der Waals surface area contributed by atoms with E-state index in [9.17, 15) is 0 Å². The van der Waals surface area contributed by atoms with Crippen molar-refractivity contribution in [1.29, 1.82) is 0 Å². The fourth-order valence-electron chi connectivity index (χ4n) is 3.74. The normalized spacial score (nSPS) is 17.6. The molecule has 0 bridgehead atoms. The lowest BCUT2D eigenvalue weighted by molar-refractivity contribution is -0.0367. The summed E-state index contributed by atoms with van der Waals surface area (Å²) in [5.74, 6) is 4.04. The topological polar surface area (TPSA) is 49.2 Å². The standard InChI is InChI=1S/C24H27Cl2N3O2Si/c1-16(24-19(25)14-27-15-20(24)26)31-17-8-9-22-18(13-17)21(10-12-32(2,3)4)28-29(22)23-7-5-6-11-30-23/h8-9,13-16,23H,5-7,11H2,1-4H3. The van der Waals surface area contributed by atoms with Crippen molar-refractivity contribution in [2.24, 2.45) is 0 Å². The van der Waals surface area contributed by atoms with Gasteiger partial charge in [0.05, 0.1) is 15.6 Å². The molecule has 3 heterocycles. The Balaban J connectivity index is 1.73. The Morgan fingerprint density at radius 2 is 1.94 bits per heavy atom. The third-order valence-corrected chi connectivity index (χ3v) is 6.75. The maximum atomic E-state index is 6.32. The van der Waals surface area contributed by atoms with E-state index in [1.165, 1.54) is 0 Å². The number of pyridine rings is 1. The maximum absolute atomic E-state index is 6.32. The molecule has 4 rings (SSSR count). The summed E-state index contributed by atoms with van der Waals surface area (Å²) in [6, 6.07) is 5.96. The van der Waals surface area contributed by atoms with E-state index < -0.39 is 8.07 Å². The van der Waals surface area contributed by atoms with Gasteiger partial charge in [0, 0.05) is 30.0 Å². The number of aromatic nitrogens is 3. The molecule has 0 aliphatic carbocycles. The molecule has 2 unspecified atom stereocenters. The first-order valence-corrected chi connectivity index (χ1v) is 15.1. The van der Waals surface area contributed by atoms with Crippen LogP contribution in [0.4, 0.5) is 0 Å². The highest BCUT2D eigenvalue weighted by Crippen LogP contribution is 2.35. The highest BCUT2D eigenvalue weighted by molar-refractivity contribution is 6.83. The minimum absolute atomic E-state index is 0.0613. The average Bonchev–Trinajstić information content (AvgIpc) is 3.10. The van der Waals surface area contributed by atoms with Gasteiger partial charge in [-0.3, -0.25) is 4.98 Å². The fourth-order valence-corrected chi connectivity index (χ4v) is 4.91. The second-order valence-electron chi connectivity index (χ2n) is 9.07. The van der Waals surface area contributed by atoms with Crippen LogP contribution in [0.3, 0.4) is 0 Å². The number of halogens is 2. The van der Waals surface area contributed by atoms with Crippen molar-refractivity contribution < 1.29 is 9.47 Å². The van der Waals surface area contributed by atoms with Crippen LogP contribution in [-0.4, -0.2) is 29.4 Å². The number of fused-ring (bicyclic) bond motifs is 1. The van der Waals surface area contributed by atoms with Crippen LogP contribution < -0.4 is 4.74 Å². The van der Waals surface area contributed by atoms with Crippen LogP contribution in [0.1, 0.15) is 49.8 Å². The Morgan fingerprint density at radius 3 is 2.59 bits per heavy atom. The largest absolute Gasteiger partial charge is 0.486 e. The summed E-state index contributed by atoms with van der Waals surface area (Å²) in [7, 11) is -1.56. The molecule has 0 radical (unpaired) electrons. The van der Waals surface area contributed by atoms with Crippen LogP contribution in [0.25, 0.3) is 10.9 Å². The predicted octanol–water partition coefficient (Wildman–Crippen LogP) is 6.81. The maximum Gasteiger partial charge on any atom is 0.150 e. The number of nitrogens with zero attached hydrogens (tertiary/aromatic N) is 3. The molecule has 168 valence electrons.